The average molecular weight is 385 g/mol. The smallest absolute Gasteiger partial charge is 0.258 e. The first kappa shape index (κ1) is 19.1. The molecule has 27 heavy (non-hydrogen) atoms. The summed E-state index contributed by atoms with van der Waals surface area (Å²) in [5.74, 6) is 0.411. The largest absolute Gasteiger partial charge is 0.490 e. The number of fused-ring (bicyclic) bond motifs is 1. The second kappa shape index (κ2) is 8.79. The number of carbonyl (C=O) groups excluding carboxylic acids is 1. The van der Waals surface area contributed by atoms with Crippen LogP contribution in [0.3, 0.4) is 0 Å². The first-order chi connectivity index (χ1) is 13.1. The van der Waals surface area contributed by atoms with Gasteiger partial charge in [0.2, 0.25) is 0 Å². The third-order valence-electron chi connectivity index (χ3n) is 4.49. The first-order valence-corrected chi connectivity index (χ1v) is 9.36. The van der Waals surface area contributed by atoms with Crippen LogP contribution >= 0.6 is 11.6 Å². The number of halogens is 1. The van der Waals surface area contributed by atoms with E-state index in [2.05, 4.69) is 17.4 Å². The average Bonchev–Trinajstić information content (AvgIpc) is 2.67. The lowest BCUT2D eigenvalue weighted by Crippen LogP contribution is -2.34. The Labute approximate surface area is 163 Å². The van der Waals surface area contributed by atoms with Gasteiger partial charge in [0.1, 0.15) is 0 Å². The van der Waals surface area contributed by atoms with Crippen molar-refractivity contribution in [2.24, 2.45) is 0 Å². The summed E-state index contributed by atoms with van der Waals surface area (Å²) in [6.07, 6.45) is 2.99. The van der Waals surface area contributed by atoms with Crippen molar-refractivity contribution in [3.05, 3.63) is 58.1 Å². The van der Waals surface area contributed by atoms with Crippen LogP contribution in [0.1, 0.15) is 42.5 Å². The molecule has 1 N–H and O–H groups in total. The maximum atomic E-state index is 12.4. The minimum Gasteiger partial charge on any atom is -0.490 e. The summed E-state index contributed by atoms with van der Waals surface area (Å²) in [6, 6.07) is 13.2. The van der Waals surface area contributed by atoms with E-state index in [-0.39, 0.29) is 29.3 Å². The highest BCUT2D eigenvalue weighted by atomic mass is 35.5. The van der Waals surface area contributed by atoms with Gasteiger partial charge in [-0.1, -0.05) is 35.9 Å². The van der Waals surface area contributed by atoms with E-state index in [1.807, 2.05) is 25.1 Å². The molecule has 0 fully saturated rings. The Bertz CT molecular complexity index is 876. The Morgan fingerprint density at radius 2 is 2.15 bits per heavy atom. The molecule has 0 saturated heterocycles. The fourth-order valence-electron chi connectivity index (χ4n) is 3.31. The van der Waals surface area contributed by atoms with Gasteiger partial charge in [0.05, 0.1) is 29.3 Å². The molecule has 0 saturated carbocycles. The fraction of sp³-hybridized carbons (Fsp3) is 0.333. The SMILES string of the molecule is CCOc1cc(C#N)cc(Cl)c1OCC(=O)NC1CCCc2ccccc21. The van der Waals surface area contributed by atoms with E-state index in [1.54, 1.807) is 6.07 Å². The van der Waals surface area contributed by atoms with Crippen LogP contribution in [0, 0.1) is 11.3 Å². The van der Waals surface area contributed by atoms with Crippen molar-refractivity contribution in [3.63, 3.8) is 0 Å². The number of nitriles is 1. The highest BCUT2D eigenvalue weighted by Crippen LogP contribution is 2.36. The van der Waals surface area contributed by atoms with Crippen LogP contribution < -0.4 is 14.8 Å². The van der Waals surface area contributed by atoms with E-state index in [0.29, 0.717) is 17.9 Å². The number of benzene rings is 2. The van der Waals surface area contributed by atoms with E-state index in [9.17, 15) is 4.79 Å². The molecule has 6 heteroatoms. The molecule has 3 rings (SSSR count). The Morgan fingerprint density at radius 3 is 2.93 bits per heavy atom. The molecule has 0 radical (unpaired) electrons. The summed E-state index contributed by atoms with van der Waals surface area (Å²) in [4.78, 5) is 12.4. The standard InChI is InChI=1S/C21H21ClN2O3/c1-2-26-19-11-14(12-23)10-17(22)21(19)27-13-20(25)24-18-9-5-7-15-6-3-4-8-16(15)18/h3-4,6,8,10-11,18H,2,5,7,9,13H2,1H3,(H,24,25). The van der Waals surface area contributed by atoms with Gasteiger partial charge in [0.25, 0.3) is 5.91 Å². The predicted octanol–water partition coefficient (Wildman–Crippen LogP) is 4.18. The van der Waals surface area contributed by atoms with E-state index in [0.717, 1.165) is 19.3 Å². The van der Waals surface area contributed by atoms with Crippen molar-refractivity contribution in [2.45, 2.75) is 32.2 Å². The Hall–Kier alpha value is -2.71. The summed E-state index contributed by atoms with van der Waals surface area (Å²) in [6.45, 7) is 2.04. The van der Waals surface area contributed by atoms with Gasteiger partial charge < -0.3 is 14.8 Å². The third kappa shape index (κ3) is 4.53. The van der Waals surface area contributed by atoms with Crippen molar-refractivity contribution in [3.8, 4) is 17.6 Å². The summed E-state index contributed by atoms with van der Waals surface area (Å²) < 4.78 is 11.1. The maximum Gasteiger partial charge on any atom is 0.258 e. The predicted molar refractivity (Wildman–Crippen MR) is 103 cm³/mol. The van der Waals surface area contributed by atoms with Crippen molar-refractivity contribution in [1.82, 2.24) is 5.32 Å². The molecule has 2 aromatic rings. The highest BCUT2D eigenvalue weighted by Gasteiger charge is 2.22. The number of hydrogen-bond donors (Lipinski definition) is 1. The van der Waals surface area contributed by atoms with Crippen LogP contribution in [-0.2, 0) is 11.2 Å². The van der Waals surface area contributed by atoms with E-state index >= 15 is 0 Å². The molecule has 1 aliphatic carbocycles. The summed E-state index contributed by atoms with van der Waals surface area (Å²) in [5, 5.41) is 12.3. The molecule has 1 aliphatic rings. The van der Waals surface area contributed by atoms with Crippen molar-refractivity contribution >= 4 is 17.5 Å². The zero-order valence-electron chi connectivity index (χ0n) is 15.1. The lowest BCUT2D eigenvalue weighted by Gasteiger charge is -2.26. The van der Waals surface area contributed by atoms with Crippen LogP contribution in [0.4, 0.5) is 0 Å². The number of ether oxygens (including phenoxy) is 2. The van der Waals surface area contributed by atoms with E-state index < -0.39 is 0 Å². The highest BCUT2D eigenvalue weighted by molar-refractivity contribution is 6.32. The fourth-order valence-corrected chi connectivity index (χ4v) is 3.58. The second-order valence-corrected chi connectivity index (χ2v) is 6.74. The molecule has 2 aromatic carbocycles. The first-order valence-electron chi connectivity index (χ1n) is 8.98. The number of carbonyl (C=O) groups is 1. The van der Waals surface area contributed by atoms with Crippen LogP contribution in [-0.4, -0.2) is 19.1 Å². The maximum absolute atomic E-state index is 12.4. The summed E-state index contributed by atoms with van der Waals surface area (Å²) in [7, 11) is 0. The molecule has 0 bridgehead atoms. The van der Waals surface area contributed by atoms with Crippen molar-refractivity contribution in [1.29, 1.82) is 5.26 Å². The number of nitrogens with zero attached hydrogens (tertiary/aromatic N) is 1. The molecule has 1 amide bonds. The molecule has 1 atom stereocenters. The Kier molecular flexibility index (Phi) is 6.20. The number of nitrogens with one attached hydrogen (secondary N) is 1. The van der Waals surface area contributed by atoms with Gasteiger partial charge in [-0.05, 0) is 43.4 Å². The van der Waals surface area contributed by atoms with Crippen LogP contribution in [0.25, 0.3) is 0 Å². The zero-order chi connectivity index (χ0) is 19.2. The van der Waals surface area contributed by atoms with Gasteiger partial charge in [-0.25, -0.2) is 0 Å². The van der Waals surface area contributed by atoms with Crippen LogP contribution in [0.2, 0.25) is 5.02 Å². The van der Waals surface area contributed by atoms with Crippen LogP contribution in [0.5, 0.6) is 11.5 Å². The molecule has 1 unspecified atom stereocenters. The lowest BCUT2D eigenvalue weighted by molar-refractivity contribution is -0.124. The molecule has 0 heterocycles. The molecular formula is C21H21ClN2O3. The molecule has 5 nitrogen and oxygen atoms in total. The minimum absolute atomic E-state index is 0.00570. The van der Waals surface area contributed by atoms with E-state index in [4.69, 9.17) is 26.3 Å². The van der Waals surface area contributed by atoms with Gasteiger partial charge in [-0.15, -0.1) is 0 Å². The molecule has 0 aromatic heterocycles. The van der Waals surface area contributed by atoms with E-state index in [1.165, 1.54) is 17.2 Å². The number of hydrogen-bond acceptors (Lipinski definition) is 4. The topological polar surface area (TPSA) is 71.3 Å². The Morgan fingerprint density at radius 1 is 1.33 bits per heavy atom. The van der Waals surface area contributed by atoms with Gasteiger partial charge in [-0.2, -0.15) is 5.26 Å². The quantitative estimate of drug-likeness (QED) is 0.810. The van der Waals surface area contributed by atoms with Gasteiger partial charge in [0, 0.05) is 6.07 Å². The summed E-state index contributed by atoms with van der Waals surface area (Å²) >= 11 is 6.20. The monoisotopic (exact) mass is 384 g/mol. The molecule has 140 valence electrons. The second-order valence-electron chi connectivity index (χ2n) is 6.33. The van der Waals surface area contributed by atoms with Gasteiger partial charge in [0.15, 0.2) is 18.1 Å². The molecular weight excluding hydrogens is 364 g/mol. The molecule has 0 aliphatic heterocycles. The van der Waals surface area contributed by atoms with Crippen LogP contribution in [0.15, 0.2) is 36.4 Å². The number of amides is 1. The zero-order valence-corrected chi connectivity index (χ0v) is 15.9. The lowest BCUT2D eigenvalue weighted by atomic mass is 9.88. The minimum atomic E-state index is -0.223. The normalized spacial score (nSPS) is 15.4. The van der Waals surface area contributed by atoms with Gasteiger partial charge >= 0.3 is 0 Å². The molecule has 0 spiro atoms. The Balaban J connectivity index is 1.68. The van der Waals surface area contributed by atoms with Crippen molar-refractivity contribution in [2.75, 3.05) is 13.2 Å². The summed E-state index contributed by atoms with van der Waals surface area (Å²) in [5.41, 5.74) is 2.83. The number of rotatable bonds is 6. The van der Waals surface area contributed by atoms with Crippen molar-refractivity contribution < 1.29 is 14.3 Å². The number of aryl methyl sites for hydroxylation is 1. The third-order valence-corrected chi connectivity index (χ3v) is 4.77. The van der Waals surface area contributed by atoms with Gasteiger partial charge in [-0.3, -0.25) is 4.79 Å².